The van der Waals surface area contributed by atoms with Crippen molar-refractivity contribution in [2.24, 2.45) is 0 Å². The quantitative estimate of drug-likeness (QED) is 0.814. The molecule has 18 heavy (non-hydrogen) atoms. The summed E-state index contributed by atoms with van der Waals surface area (Å²) >= 11 is 0. The Morgan fingerprint density at radius 3 is 2.11 bits per heavy atom. The van der Waals surface area contributed by atoms with Gasteiger partial charge in [-0.3, -0.25) is 9.80 Å². The standard InChI is InChI=1S/C15H25N3/c1-11-9-18(10-12(2)17(11)4)13(3)14-5-7-15(16)8-6-14/h5-8,11-13H,9-10,16H2,1-4H3. The predicted octanol–water partition coefficient (Wildman–Crippen LogP) is 2.35. The summed E-state index contributed by atoms with van der Waals surface area (Å²) < 4.78 is 0. The maximum Gasteiger partial charge on any atom is 0.0321 e. The van der Waals surface area contributed by atoms with Gasteiger partial charge in [-0.15, -0.1) is 0 Å². The largest absolute Gasteiger partial charge is 0.399 e. The number of hydrogen-bond acceptors (Lipinski definition) is 3. The fourth-order valence-corrected chi connectivity index (χ4v) is 2.75. The van der Waals surface area contributed by atoms with Crippen LogP contribution < -0.4 is 5.73 Å². The molecular formula is C15H25N3. The Bertz CT molecular complexity index is 375. The van der Waals surface area contributed by atoms with Crippen LogP contribution in [0, 0.1) is 0 Å². The van der Waals surface area contributed by atoms with Crippen molar-refractivity contribution in [1.82, 2.24) is 9.80 Å². The summed E-state index contributed by atoms with van der Waals surface area (Å²) in [6.07, 6.45) is 0. The number of nitrogens with two attached hydrogens (primary N) is 1. The van der Waals surface area contributed by atoms with Crippen molar-refractivity contribution in [3.63, 3.8) is 0 Å². The van der Waals surface area contributed by atoms with Gasteiger partial charge in [0.2, 0.25) is 0 Å². The van der Waals surface area contributed by atoms with Crippen molar-refractivity contribution in [2.45, 2.75) is 38.9 Å². The normalized spacial score (nSPS) is 28.2. The molecule has 0 spiro atoms. The Morgan fingerprint density at radius 2 is 1.61 bits per heavy atom. The highest BCUT2D eigenvalue weighted by molar-refractivity contribution is 5.40. The molecule has 2 rings (SSSR count). The van der Waals surface area contributed by atoms with Gasteiger partial charge in [0.15, 0.2) is 0 Å². The van der Waals surface area contributed by atoms with E-state index in [-0.39, 0.29) is 0 Å². The van der Waals surface area contributed by atoms with Crippen LogP contribution in [0.4, 0.5) is 5.69 Å². The number of benzene rings is 1. The second kappa shape index (κ2) is 5.29. The molecule has 0 saturated carbocycles. The molecule has 0 amide bonds. The molecule has 2 N–H and O–H groups in total. The molecule has 3 atom stereocenters. The van der Waals surface area contributed by atoms with Crippen molar-refractivity contribution in [3.8, 4) is 0 Å². The van der Waals surface area contributed by atoms with E-state index < -0.39 is 0 Å². The van der Waals surface area contributed by atoms with Crippen LogP contribution in [0.5, 0.6) is 0 Å². The maximum atomic E-state index is 5.75. The van der Waals surface area contributed by atoms with E-state index in [4.69, 9.17) is 5.73 Å². The molecule has 1 aromatic carbocycles. The zero-order valence-electron chi connectivity index (χ0n) is 11.9. The zero-order valence-corrected chi connectivity index (χ0v) is 11.9. The molecule has 0 radical (unpaired) electrons. The molecule has 3 unspecified atom stereocenters. The average molecular weight is 247 g/mol. The highest BCUT2D eigenvalue weighted by atomic mass is 15.3. The summed E-state index contributed by atoms with van der Waals surface area (Å²) in [4.78, 5) is 5.03. The highest BCUT2D eigenvalue weighted by Crippen LogP contribution is 2.25. The molecule has 3 nitrogen and oxygen atoms in total. The zero-order chi connectivity index (χ0) is 13.3. The molecule has 1 fully saturated rings. The second-order valence-electron chi connectivity index (χ2n) is 5.66. The van der Waals surface area contributed by atoms with Crippen LogP contribution in [-0.4, -0.2) is 42.0 Å². The summed E-state index contributed by atoms with van der Waals surface area (Å²) in [6.45, 7) is 9.16. The van der Waals surface area contributed by atoms with Crippen LogP contribution >= 0.6 is 0 Å². The van der Waals surface area contributed by atoms with Crippen LogP contribution in [0.15, 0.2) is 24.3 Å². The molecule has 100 valence electrons. The van der Waals surface area contributed by atoms with Crippen LogP contribution in [0.3, 0.4) is 0 Å². The fraction of sp³-hybridized carbons (Fsp3) is 0.600. The lowest BCUT2D eigenvalue weighted by Gasteiger charge is -2.45. The minimum Gasteiger partial charge on any atom is -0.399 e. The minimum absolute atomic E-state index is 0.462. The van der Waals surface area contributed by atoms with Crippen molar-refractivity contribution < 1.29 is 0 Å². The topological polar surface area (TPSA) is 32.5 Å². The monoisotopic (exact) mass is 247 g/mol. The van der Waals surface area contributed by atoms with Gasteiger partial charge in [-0.25, -0.2) is 0 Å². The minimum atomic E-state index is 0.462. The van der Waals surface area contributed by atoms with Gasteiger partial charge in [0.05, 0.1) is 0 Å². The second-order valence-corrected chi connectivity index (χ2v) is 5.66. The number of rotatable bonds is 2. The van der Waals surface area contributed by atoms with E-state index in [1.165, 1.54) is 5.56 Å². The van der Waals surface area contributed by atoms with Gasteiger partial charge < -0.3 is 5.73 Å². The summed E-state index contributed by atoms with van der Waals surface area (Å²) in [5, 5.41) is 0. The van der Waals surface area contributed by atoms with Crippen molar-refractivity contribution in [2.75, 3.05) is 25.9 Å². The van der Waals surface area contributed by atoms with Gasteiger partial charge >= 0.3 is 0 Å². The molecule has 1 heterocycles. The molecule has 0 aliphatic carbocycles. The third-order valence-electron chi connectivity index (χ3n) is 4.35. The van der Waals surface area contributed by atoms with Crippen LogP contribution in [0.1, 0.15) is 32.4 Å². The first-order valence-corrected chi connectivity index (χ1v) is 6.80. The Labute approximate surface area is 111 Å². The maximum absolute atomic E-state index is 5.75. The lowest BCUT2D eigenvalue weighted by molar-refractivity contribution is 0.0377. The number of hydrogen-bond donors (Lipinski definition) is 1. The van der Waals surface area contributed by atoms with Crippen LogP contribution in [0.2, 0.25) is 0 Å². The van der Waals surface area contributed by atoms with E-state index in [0.29, 0.717) is 18.1 Å². The summed E-state index contributed by atoms with van der Waals surface area (Å²) in [6, 6.07) is 9.98. The van der Waals surface area contributed by atoms with E-state index >= 15 is 0 Å². The Morgan fingerprint density at radius 1 is 1.11 bits per heavy atom. The lowest BCUT2D eigenvalue weighted by Crippen LogP contribution is -2.55. The van der Waals surface area contributed by atoms with E-state index in [9.17, 15) is 0 Å². The molecule has 3 heteroatoms. The average Bonchev–Trinajstić information content (AvgIpc) is 2.35. The van der Waals surface area contributed by atoms with Crippen molar-refractivity contribution in [3.05, 3.63) is 29.8 Å². The molecule has 0 aromatic heterocycles. The first kappa shape index (κ1) is 13.4. The van der Waals surface area contributed by atoms with Crippen molar-refractivity contribution >= 4 is 5.69 Å². The third kappa shape index (κ3) is 2.68. The molecule has 1 saturated heterocycles. The van der Waals surface area contributed by atoms with Crippen molar-refractivity contribution in [1.29, 1.82) is 0 Å². The van der Waals surface area contributed by atoms with E-state index in [1.54, 1.807) is 0 Å². The van der Waals surface area contributed by atoms with Gasteiger partial charge in [-0.05, 0) is 45.5 Å². The van der Waals surface area contributed by atoms with E-state index in [1.807, 2.05) is 12.1 Å². The van der Waals surface area contributed by atoms with E-state index in [2.05, 4.69) is 49.8 Å². The number of nitrogen functional groups attached to an aromatic ring is 1. The first-order chi connectivity index (χ1) is 8.49. The highest BCUT2D eigenvalue weighted by Gasteiger charge is 2.29. The summed E-state index contributed by atoms with van der Waals surface area (Å²) in [7, 11) is 2.22. The number of piperazine rings is 1. The molecular weight excluding hydrogens is 222 g/mol. The molecule has 1 aromatic rings. The summed E-state index contributed by atoms with van der Waals surface area (Å²) in [5.41, 5.74) is 7.94. The molecule has 1 aliphatic heterocycles. The smallest absolute Gasteiger partial charge is 0.0321 e. The third-order valence-corrected chi connectivity index (χ3v) is 4.35. The fourth-order valence-electron chi connectivity index (χ4n) is 2.75. The SMILES string of the molecule is CC(c1ccc(N)cc1)N1CC(C)N(C)C(C)C1. The van der Waals surface area contributed by atoms with Gasteiger partial charge in [0, 0.05) is 36.9 Å². The van der Waals surface area contributed by atoms with Crippen LogP contribution in [-0.2, 0) is 0 Å². The molecule has 0 bridgehead atoms. The van der Waals surface area contributed by atoms with E-state index in [0.717, 1.165) is 18.8 Å². The lowest BCUT2D eigenvalue weighted by atomic mass is 10.0. The number of nitrogens with zero attached hydrogens (tertiary/aromatic N) is 2. The Hall–Kier alpha value is -1.06. The molecule has 1 aliphatic rings. The number of likely N-dealkylation sites (N-methyl/N-ethyl adjacent to an activating group) is 1. The van der Waals surface area contributed by atoms with Gasteiger partial charge in [0.25, 0.3) is 0 Å². The predicted molar refractivity (Wildman–Crippen MR) is 77.5 cm³/mol. The summed E-state index contributed by atoms with van der Waals surface area (Å²) in [5.74, 6) is 0. The van der Waals surface area contributed by atoms with Crippen LogP contribution in [0.25, 0.3) is 0 Å². The number of anilines is 1. The Balaban J connectivity index is 2.09. The van der Waals surface area contributed by atoms with Gasteiger partial charge in [-0.2, -0.15) is 0 Å². The van der Waals surface area contributed by atoms with Gasteiger partial charge in [0.1, 0.15) is 0 Å². The Kier molecular flexibility index (Phi) is 3.93. The van der Waals surface area contributed by atoms with Gasteiger partial charge in [-0.1, -0.05) is 12.1 Å². The first-order valence-electron chi connectivity index (χ1n) is 6.80.